The molecule has 5 rings (SSSR count). The van der Waals surface area contributed by atoms with Gasteiger partial charge in [-0.3, -0.25) is 4.90 Å². The zero-order valence-electron chi connectivity index (χ0n) is 14.7. The first-order chi connectivity index (χ1) is 13.2. The van der Waals surface area contributed by atoms with Gasteiger partial charge in [0.15, 0.2) is 0 Å². The molecule has 4 aromatic rings. The number of benzene rings is 3. The number of fused-ring (bicyclic) bond motifs is 2. The van der Waals surface area contributed by atoms with E-state index in [0.717, 1.165) is 33.7 Å². The second kappa shape index (κ2) is 6.25. The fourth-order valence-electron chi connectivity index (χ4n) is 3.70. The Morgan fingerprint density at radius 2 is 1.56 bits per heavy atom. The van der Waals surface area contributed by atoms with Gasteiger partial charge in [0.25, 0.3) is 0 Å². The van der Waals surface area contributed by atoms with Gasteiger partial charge in [0, 0.05) is 16.3 Å². The van der Waals surface area contributed by atoms with E-state index in [1.807, 2.05) is 41.9 Å². The van der Waals surface area contributed by atoms with E-state index < -0.39 is 0 Å². The molecule has 5 heteroatoms. The molecule has 1 aromatic heterocycles. The first-order valence-electron chi connectivity index (χ1n) is 8.85. The molecule has 1 atom stereocenters. The van der Waals surface area contributed by atoms with Crippen LogP contribution in [-0.2, 0) is 0 Å². The highest BCUT2D eigenvalue weighted by Crippen LogP contribution is 2.46. The van der Waals surface area contributed by atoms with Gasteiger partial charge in [0.05, 0.1) is 5.69 Å². The highest BCUT2D eigenvalue weighted by Gasteiger charge is 2.34. The molecule has 0 radical (unpaired) electrons. The second-order valence-electron chi connectivity index (χ2n) is 6.59. The number of aryl methyl sites for hydroxylation is 1. The average molecular weight is 373 g/mol. The number of halogens is 1. The fourth-order valence-corrected chi connectivity index (χ4v) is 3.83. The third-order valence-corrected chi connectivity index (χ3v) is 5.09. The zero-order valence-corrected chi connectivity index (χ0v) is 15.5. The van der Waals surface area contributed by atoms with Gasteiger partial charge in [-0.1, -0.05) is 60.1 Å². The van der Waals surface area contributed by atoms with Crippen molar-refractivity contribution in [3.63, 3.8) is 0 Å². The Kier molecular flexibility index (Phi) is 3.73. The van der Waals surface area contributed by atoms with Gasteiger partial charge in [-0.05, 0) is 42.8 Å². The smallest absolute Gasteiger partial charge is 0.234 e. The fraction of sp³-hybridized carbons (Fsp3) is 0.0909. The minimum Gasteiger partial charge on any atom is -0.279 e. The standard InChI is InChI=1S/C22H17ClN4/c1-15-24-22-26(18-7-3-2-4-8-18)20-10-6-5-9-19(20)21(27(22)25-15)16-11-13-17(23)14-12-16/h2-14,21H,1H3. The maximum absolute atomic E-state index is 6.12. The van der Waals surface area contributed by atoms with E-state index in [1.54, 1.807) is 0 Å². The van der Waals surface area contributed by atoms with Crippen molar-refractivity contribution in [3.8, 4) is 0 Å². The van der Waals surface area contributed by atoms with Crippen molar-refractivity contribution in [2.75, 3.05) is 4.90 Å². The number of hydrogen-bond donors (Lipinski definition) is 0. The summed E-state index contributed by atoms with van der Waals surface area (Å²) in [5.74, 6) is 1.56. The van der Waals surface area contributed by atoms with Crippen molar-refractivity contribution in [3.05, 3.63) is 101 Å². The van der Waals surface area contributed by atoms with Crippen LogP contribution in [0.3, 0.4) is 0 Å². The van der Waals surface area contributed by atoms with Crippen LogP contribution >= 0.6 is 11.6 Å². The molecule has 4 nitrogen and oxygen atoms in total. The van der Waals surface area contributed by atoms with Crippen LogP contribution in [0.2, 0.25) is 5.02 Å². The Bertz CT molecular complexity index is 1100. The Balaban J connectivity index is 1.78. The van der Waals surface area contributed by atoms with Crippen molar-refractivity contribution in [2.24, 2.45) is 0 Å². The molecule has 1 unspecified atom stereocenters. The quantitative estimate of drug-likeness (QED) is 0.401. The molecular weight excluding hydrogens is 356 g/mol. The van der Waals surface area contributed by atoms with Crippen molar-refractivity contribution >= 4 is 28.9 Å². The van der Waals surface area contributed by atoms with Crippen molar-refractivity contribution < 1.29 is 0 Å². The Morgan fingerprint density at radius 1 is 0.852 bits per heavy atom. The summed E-state index contributed by atoms with van der Waals surface area (Å²) in [6, 6.07) is 26.6. The lowest BCUT2D eigenvalue weighted by atomic mass is 9.95. The summed E-state index contributed by atoms with van der Waals surface area (Å²) in [6.07, 6.45) is 0. The predicted molar refractivity (Wildman–Crippen MR) is 108 cm³/mol. The van der Waals surface area contributed by atoms with E-state index in [9.17, 15) is 0 Å². The molecule has 0 fully saturated rings. The normalized spacial score (nSPS) is 15.3. The monoisotopic (exact) mass is 372 g/mol. The summed E-state index contributed by atoms with van der Waals surface area (Å²) in [5, 5.41) is 5.46. The van der Waals surface area contributed by atoms with Crippen molar-refractivity contribution in [2.45, 2.75) is 13.0 Å². The first kappa shape index (κ1) is 16.1. The van der Waals surface area contributed by atoms with Gasteiger partial charge < -0.3 is 0 Å². The molecule has 3 aromatic carbocycles. The number of para-hydroxylation sites is 2. The molecule has 27 heavy (non-hydrogen) atoms. The molecule has 0 N–H and O–H groups in total. The molecule has 1 aliphatic heterocycles. The molecule has 2 heterocycles. The van der Waals surface area contributed by atoms with Gasteiger partial charge in [-0.15, -0.1) is 0 Å². The summed E-state index contributed by atoms with van der Waals surface area (Å²) in [7, 11) is 0. The van der Waals surface area contributed by atoms with Crippen molar-refractivity contribution in [1.29, 1.82) is 0 Å². The van der Waals surface area contributed by atoms with Crippen LogP contribution in [0.25, 0.3) is 0 Å². The van der Waals surface area contributed by atoms with Crippen LogP contribution in [0.4, 0.5) is 17.3 Å². The van der Waals surface area contributed by atoms with E-state index in [1.165, 1.54) is 5.56 Å². The highest BCUT2D eigenvalue weighted by atomic mass is 35.5. The lowest BCUT2D eigenvalue weighted by Gasteiger charge is -2.35. The summed E-state index contributed by atoms with van der Waals surface area (Å²) in [4.78, 5) is 6.92. The predicted octanol–water partition coefficient (Wildman–Crippen LogP) is 5.66. The Labute approximate surface area is 162 Å². The van der Waals surface area contributed by atoms with E-state index in [-0.39, 0.29) is 6.04 Å². The molecule has 0 amide bonds. The number of rotatable bonds is 2. The van der Waals surface area contributed by atoms with Crippen molar-refractivity contribution in [1.82, 2.24) is 14.8 Å². The molecule has 0 spiro atoms. The van der Waals surface area contributed by atoms with Crippen LogP contribution in [0, 0.1) is 6.92 Å². The molecule has 132 valence electrons. The van der Waals surface area contributed by atoms with E-state index in [4.69, 9.17) is 21.7 Å². The number of nitrogens with zero attached hydrogens (tertiary/aromatic N) is 4. The molecule has 0 bridgehead atoms. The van der Waals surface area contributed by atoms with Crippen LogP contribution in [-0.4, -0.2) is 14.8 Å². The summed E-state index contributed by atoms with van der Waals surface area (Å²) in [5.41, 5.74) is 4.49. The Morgan fingerprint density at radius 3 is 2.33 bits per heavy atom. The number of anilines is 3. The summed E-state index contributed by atoms with van der Waals surface area (Å²) < 4.78 is 2.01. The minimum absolute atomic E-state index is 0.0466. The lowest BCUT2D eigenvalue weighted by molar-refractivity contribution is 0.580. The topological polar surface area (TPSA) is 34.0 Å². The number of aromatic nitrogens is 3. The maximum Gasteiger partial charge on any atom is 0.234 e. The third kappa shape index (κ3) is 2.61. The maximum atomic E-state index is 6.12. The van der Waals surface area contributed by atoms with Gasteiger partial charge in [-0.2, -0.15) is 10.1 Å². The van der Waals surface area contributed by atoms with Crippen LogP contribution < -0.4 is 4.90 Å². The van der Waals surface area contributed by atoms with Gasteiger partial charge in [0.2, 0.25) is 5.95 Å². The zero-order chi connectivity index (χ0) is 18.4. The van der Waals surface area contributed by atoms with Gasteiger partial charge in [0.1, 0.15) is 11.9 Å². The molecule has 0 saturated carbocycles. The Hall–Kier alpha value is -3.11. The summed E-state index contributed by atoms with van der Waals surface area (Å²) in [6.45, 7) is 1.93. The highest BCUT2D eigenvalue weighted by molar-refractivity contribution is 6.30. The molecule has 0 saturated heterocycles. The van der Waals surface area contributed by atoms with Crippen LogP contribution in [0.5, 0.6) is 0 Å². The number of hydrogen-bond acceptors (Lipinski definition) is 3. The minimum atomic E-state index is -0.0466. The SMILES string of the molecule is Cc1nc2n(n1)C(c1ccc(Cl)cc1)c1ccccc1N2c1ccccc1. The first-order valence-corrected chi connectivity index (χ1v) is 9.23. The van der Waals surface area contributed by atoms with E-state index >= 15 is 0 Å². The average Bonchev–Trinajstić information content (AvgIpc) is 3.08. The summed E-state index contributed by atoms with van der Waals surface area (Å²) >= 11 is 6.12. The van der Waals surface area contributed by atoms with E-state index in [0.29, 0.717) is 0 Å². The lowest BCUT2D eigenvalue weighted by Crippen LogP contribution is -2.28. The van der Waals surface area contributed by atoms with Crippen LogP contribution in [0.15, 0.2) is 78.9 Å². The largest absolute Gasteiger partial charge is 0.279 e. The van der Waals surface area contributed by atoms with Gasteiger partial charge in [-0.25, -0.2) is 4.68 Å². The molecule has 1 aliphatic rings. The van der Waals surface area contributed by atoms with E-state index in [2.05, 4.69) is 53.4 Å². The molecular formula is C22H17ClN4. The van der Waals surface area contributed by atoms with Gasteiger partial charge >= 0.3 is 0 Å². The molecule has 0 aliphatic carbocycles. The second-order valence-corrected chi connectivity index (χ2v) is 7.02. The van der Waals surface area contributed by atoms with Crippen LogP contribution in [0.1, 0.15) is 23.0 Å². The third-order valence-electron chi connectivity index (χ3n) is 4.84.